The number of hydrogen-bond acceptors (Lipinski definition) is 2. The summed E-state index contributed by atoms with van der Waals surface area (Å²) in [6, 6.07) is 0. The molecule has 18 heavy (non-hydrogen) atoms. The highest BCUT2D eigenvalue weighted by Gasteiger charge is 2.03. The van der Waals surface area contributed by atoms with Gasteiger partial charge in [0.05, 0.1) is 0 Å². The Morgan fingerprint density at radius 2 is 1.61 bits per heavy atom. The largest absolute Gasteiger partial charge is 0.356 e. The number of nitrogens with zero attached hydrogens (tertiary/aromatic N) is 1. The van der Waals surface area contributed by atoms with Gasteiger partial charge in [0.15, 0.2) is 0 Å². The Hall–Kier alpha value is -0.570. The Kier molecular flexibility index (Phi) is 12.5. The van der Waals surface area contributed by atoms with Crippen LogP contribution in [0.25, 0.3) is 0 Å². The van der Waals surface area contributed by atoms with Crippen molar-refractivity contribution in [3.8, 4) is 0 Å². The van der Waals surface area contributed by atoms with Crippen LogP contribution in [0.1, 0.15) is 64.7 Å². The van der Waals surface area contributed by atoms with Crippen LogP contribution in [-0.4, -0.2) is 33.1 Å². The highest BCUT2D eigenvalue weighted by molar-refractivity contribution is 5.75. The second-order valence-electron chi connectivity index (χ2n) is 5.38. The molecule has 0 aliphatic rings. The van der Waals surface area contributed by atoms with Gasteiger partial charge < -0.3 is 5.32 Å². The summed E-state index contributed by atoms with van der Waals surface area (Å²) in [5.41, 5.74) is 0. The summed E-state index contributed by atoms with van der Waals surface area (Å²) in [5, 5.41) is 3.01. The summed E-state index contributed by atoms with van der Waals surface area (Å²) in [5.74, 6) is 0.224. The van der Waals surface area contributed by atoms with Crippen LogP contribution in [0.2, 0.25) is 0 Å². The molecule has 0 saturated heterocycles. The number of amides is 1. The maximum atomic E-state index is 11.5. The number of carbonyl (C=O) groups is 1. The van der Waals surface area contributed by atoms with Gasteiger partial charge in [-0.25, -0.2) is 0 Å². The van der Waals surface area contributed by atoms with E-state index in [1.54, 1.807) is 0 Å². The zero-order chi connectivity index (χ0) is 13.6. The molecule has 1 amide bonds. The Labute approximate surface area is 113 Å². The summed E-state index contributed by atoms with van der Waals surface area (Å²) in [6.45, 7) is 4.17. The predicted octanol–water partition coefficient (Wildman–Crippen LogP) is 3.03. The van der Waals surface area contributed by atoms with E-state index in [2.05, 4.69) is 31.2 Å². The monoisotopic (exact) mass is 256 g/mol. The van der Waals surface area contributed by atoms with E-state index in [1.807, 2.05) is 0 Å². The van der Waals surface area contributed by atoms with E-state index in [9.17, 15) is 4.79 Å². The van der Waals surface area contributed by atoms with Crippen LogP contribution in [0.5, 0.6) is 0 Å². The van der Waals surface area contributed by atoms with Crippen molar-refractivity contribution < 1.29 is 4.79 Å². The molecule has 0 spiro atoms. The van der Waals surface area contributed by atoms with Crippen molar-refractivity contribution in [2.45, 2.75) is 64.7 Å². The minimum Gasteiger partial charge on any atom is -0.356 e. The second kappa shape index (κ2) is 12.9. The van der Waals surface area contributed by atoms with Crippen LogP contribution < -0.4 is 10.2 Å². The molecule has 0 aliphatic heterocycles. The van der Waals surface area contributed by atoms with Crippen molar-refractivity contribution in [3.05, 3.63) is 0 Å². The lowest BCUT2D eigenvalue weighted by molar-refractivity contribution is -0.121. The van der Waals surface area contributed by atoms with E-state index in [4.69, 9.17) is 0 Å². The Morgan fingerprint density at radius 1 is 0.944 bits per heavy atom. The Balaban J connectivity index is 3.17. The molecule has 0 unspecified atom stereocenters. The molecule has 0 rings (SSSR count). The standard InChI is InChI=1S/C15H32N2O/c1-4-5-6-7-8-10-13-16-15(18)12-9-11-14-17(2)3/h4-14H2,1-3H3,(H,16,18)/q+1. The van der Waals surface area contributed by atoms with Crippen LogP contribution in [0.15, 0.2) is 0 Å². The summed E-state index contributed by atoms with van der Waals surface area (Å²) < 4.78 is 0. The minimum absolute atomic E-state index is 0.224. The van der Waals surface area contributed by atoms with Gasteiger partial charge in [-0.3, -0.25) is 4.79 Å². The van der Waals surface area contributed by atoms with Crippen LogP contribution >= 0.6 is 0 Å². The van der Waals surface area contributed by atoms with E-state index in [0.29, 0.717) is 6.42 Å². The molecule has 0 atom stereocenters. The van der Waals surface area contributed by atoms with Gasteiger partial charge in [-0.05, 0) is 12.8 Å². The molecular weight excluding hydrogens is 224 g/mol. The molecule has 3 nitrogen and oxygen atoms in total. The van der Waals surface area contributed by atoms with Crippen LogP contribution in [0.3, 0.4) is 0 Å². The van der Waals surface area contributed by atoms with Crippen molar-refractivity contribution in [3.63, 3.8) is 0 Å². The first-order valence-corrected chi connectivity index (χ1v) is 7.58. The van der Waals surface area contributed by atoms with Gasteiger partial charge >= 0.3 is 0 Å². The lowest BCUT2D eigenvalue weighted by atomic mass is 10.1. The molecule has 3 heteroatoms. The van der Waals surface area contributed by atoms with Crippen molar-refractivity contribution in [1.82, 2.24) is 10.2 Å². The third-order valence-corrected chi connectivity index (χ3v) is 3.11. The van der Waals surface area contributed by atoms with E-state index in [1.165, 1.54) is 32.1 Å². The van der Waals surface area contributed by atoms with Crippen molar-refractivity contribution >= 4 is 5.91 Å². The first kappa shape index (κ1) is 17.4. The summed E-state index contributed by atoms with van der Waals surface area (Å²) in [4.78, 5) is 13.7. The lowest BCUT2D eigenvalue weighted by Gasteiger charge is -2.05. The van der Waals surface area contributed by atoms with Gasteiger partial charge in [-0.1, -0.05) is 39.0 Å². The number of nitrogens with one attached hydrogen (secondary N) is 1. The van der Waals surface area contributed by atoms with E-state index < -0.39 is 0 Å². The first-order chi connectivity index (χ1) is 8.66. The highest BCUT2D eigenvalue weighted by atomic mass is 16.1. The third kappa shape index (κ3) is 13.5. The average molecular weight is 256 g/mol. The van der Waals surface area contributed by atoms with Crippen LogP contribution in [-0.2, 0) is 4.79 Å². The smallest absolute Gasteiger partial charge is 0.219 e. The molecule has 0 saturated carbocycles. The van der Waals surface area contributed by atoms with Gasteiger partial charge in [-0.2, -0.15) is 4.90 Å². The molecule has 0 heterocycles. The normalized spacial score (nSPS) is 10.9. The fourth-order valence-electron chi connectivity index (χ4n) is 1.94. The topological polar surface area (TPSA) is 35.0 Å². The fraction of sp³-hybridized carbons (Fsp3) is 0.933. The molecule has 0 fully saturated rings. The summed E-state index contributed by atoms with van der Waals surface area (Å²) in [6.07, 6.45) is 10.5. The number of hydrogen-bond donors (Lipinski definition) is 1. The quantitative estimate of drug-likeness (QED) is 0.423. The van der Waals surface area contributed by atoms with Gasteiger partial charge in [0, 0.05) is 19.4 Å². The maximum Gasteiger partial charge on any atom is 0.219 e. The summed E-state index contributed by atoms with van der Waals surface area (Å²) >= 11 is 0. The molecule has 0 aromatic carbocycles. The minimum atomic E-state index is 0.224. The number of carbonyl (C=O) groups excluding carboxylic acids is 1. The second-order valence-corrected chi connectivity index (χ2v) is 5.38. The molecule has 0 aromatic heterocycles. The van der Waals surface area contributed by atoms with Gasteiger partial charge in [-0.15, -0.1) is 0 Å². The average Bonchev–Trinajstić information content (AvgIpc) is 2.33. The summed E-state index contributed by atoms with van der Waals surface area (Å²) in [7, 11) is 4.14. The van der Waals surface area contributed by atoms with E-state index in [-0.39, 0.29) is 5.91 Å². The maximum absolute atomic E-state index is 11.5. The molecule has 1 radical (unpaired) electrons. The number of rotatable bonds is 12. The van der Waals surface area contributed by atoms with Crippen LogP contribution in [0, 0.1) is 0 Å². The molecule has 107 valence electrons. The number of unbranched alkanes of at least 4 members (excludes halogenated alkanes) is 6. The predicted molar refractivity (Wildman–Crippen MR) is 79.1 cm³/mol. The molecule has 0 aliphatic carbocycles. The van der Waals surface area contributed by atoms with Gasteiger partial charge in [0.25, 0.3) is 0 Å². The van der Waals surface area contributed by atoms with E-state index in [0.717, 1.165) is 32.4 Å². The third-order valence-electron chi connectivity index (χ3n) is 3.11. The van der Waals surface area contributed by atoms with Crippen LogP contribution in [0.4, 0.5) is 0 Å². The van der Waals surface area contributed by atoms with Crippen molar-refractivity contribution in [1.29, 1.82) is 0 Å². The lowest BCUT2D eigenvalue weighted by Crippen LogP contribution is -2.25. The highest BCUT2D eigenvalue weighted by Crippen LogP contribution is 2.04. The van der Waals surface area contributed by atoms with Crippen molar-refractivity contribution in [2.24, 2.45) is 0 Å². The Bertz CT molecular complexity index is 193. The molecule has 0 aromatic rings. The van der Waals surface area contributed by atoms with Crippen molar-refractivity contribution in [2.75, 3.05) is 27.2 Å². The molecule has 1 N–H and O–H groups in total. The van der Waals surface area contributed by atoms with E-state index >= 15 is 0 Å². The van der Waals surface area contributed by atoms with Gasteiger partial charge in [0.2, 0.25) is 5.91 Å². The zero-order valence-corrected chi connectivity index (χ0v) is 12.6. The molecular formula is C15H32N2O+. The fourth-order valence-corrected chi connectivity index (χ4v) is 1.94. The molecule has 0 bridgehead atoms. The SMILES string of the molecule is CCCCCCCCNC(=O)CCCC[N+](C)C. The van der Waals surface area contributed by atoms with Gasteiger partial charge in [0.1, 0.15) is 20.6 Å². The first-order valence-electron chi connectivity index (χ1n) is 7.58. The zero-order valence-electron chi connectivity index (χ0n) is 12.6. The Morgan fingerprint density at radius 3 is 2.28 bits per heavy atom.